The molecule has 4 nitrogen and oxygen atoms in total. The first-order chi connectivity index (χ1) is 5.75. The summed E-state index contributed by atoms with van der Waals surface area (Å²) in [7, 11) is 0. The van der Waals surface area contributed by atoms with Gasteiger partial charge in [-0.15, -0.1) is 28.7 Å². The van der Waals surface area contributed by atoms with Crippen LogP contribution in [0.2, 0.25) is 0 Å². The van der Waals surface area contributed by atoms with Gasteiger partial charge in [0.25, 0.3) is 0 Å². The van der Waals surface area contributed by atoms with Crippen LogP contribution in [0.1, 0.15) is 6.92 Å². The smallest absolute Gasteiger partial charge is 0.414 e. The normalized spacial score (nSPS) is 19.8. The summed E-state index contributed by atoms with van der Waals surface area (Å²) in [4.78, 5) is 12.7. The number of rotatable bonds is 2. The quantitative estimate of drug-likeness (QED) is 0.826. The van der Waals surface area contributed by atoms with Gasteiger partial charge in [-0.1, -0.05) is 0 Å². The predicted molar refractivity (Wildman–Crippen MR) is 58.8 cm³/mol. The summed E-state index contributed by atoms with van der Waals surface area (Å²) in [5, 5.41) is 2.00. The van der Waals surface area contributed by atoms with E-state index in [1.807, 2.05) is 12.3 Å². The van der Waals surface area contributed by atoms with Gasteiger partial charge in [0.2, 0.25) is 0 Å². The van der Waals surface area contributed by atoms with Crippen LogP contribution in [-0.2, 0) is 4.74 Å². The van der Waals surface area contributed by atoms with Gasteiger partial charge in [-0.25, -0.2) is 4.79 Å². The molecule has 1 rings (SSSR count). The fourth-order valence-corrected chi connectivity index (χ4v) is 1.55. The van der Waals surface area contributed by atoms with E-state index in [9.17, 15) is 4.79 Å². The minimum absolute atomic E-state index is 0. The molecule has 1 atom stereocenters. The zero-order valence-corrected chi connectivity index (χ0v) is 9.83. The summed E-state index contributed by atoms with van der Waals surface area (Å²) >= 11 is 1.58. The fourth-order valence-electron chi connectivity index (χ4n) is 0.831. The lowest BCUT2D eigenvalue weighted by Gasteiger charge is -2.18. The van der Waals surface area contributed by atoms with E-state index in [0.29, 0.717) is 6.54 Å². The predicted octanol–water partition coefficient (Wildman–Crippen LogP) is 1.53. The Kier molecular flexibility index (Phi) is 6.19. The first-order valence-corrected chi connectivity index (χ1v) is 4.67. The summed E-state index contributed by atoms with van der Waals surface area (Å²) < 4.78 is 4.84. The van der Waals surface area contributed by atoms with Crippen molar-refractivity contribution in [3.05, 3.63) is 11.6 Å². The first kappa shape index (κ1) is 12.8. The van der Waals surface area contributed by atoms with Gasteiger partial charge in [0.1, 0.15) is 6.61 Å². The van der Waals surface area contributed by atoms with Crippen LogP contribution in [0.4, 0.5) is 4.79 Å². The van der Waals surface area contributed by atoms with Crippen LogP contribution in [0.25, 0.3) is 0 Å². The maximum absolute atomic E-state index is 11.2. The summed E-state index contributed by atoms with van der Waals surface area (Å²) in [5.41, 5.74) is 5.19. The lowest BCUT2D eigenvalue weighted by atomic mass is 10.6. The largest absolute Gasteiger partial charge is 0.448 e. The molecule has 0 saturated heterocycles. The van der Waals surface area contributed by atoms with Crippen molar-refractivity contribution in [2.75, 3.05) is 13.2 Å². The van der Waals surface area contributed by atoms with E-state index < -0.39 is 0 Å². The van der Waals surface area contributed by atoms with Crippen molar-refractivity contribution in [2.45, 2.75) is 12.3 Å². The van der Waals surface area contributed by atoms with E-state index in [0.717, 1.165) is 0 Å². The minimum Gasteiger partial charge on any atom is -0.448 e. The van der Waals surface area contributed by atoms with Gasteiger partial charge in [0, 0.05) is 12.7 Å². The second-order valence-corrected chi connectivity index (χ2v) is 3.56. The molecule has 13 heavy (non-hydrogen) atoms. The van der Waals surface area contributed by atoms with E-state index in [4.69, 9.17) is 10.5 Å². The standard InChI is InChI=1S/C7H12N2O2S.BrH/c1-6-9(3-5-12-6)7(10)11-4-2-8;/h3,5-6H,2,4,8H2,1H3;1H. The Morgan fingerprint density at radius 3 is 2.92 bits per heavy atom. The van der Waals surface area contributed by atoms with E-state index in [1.165, 1.54) is 0 Å². The summed E-state index contributed by atoms with van der Waals surface area (Å²) in [6, 6.07) is 0. The average Bonchev–Trinajstić information content (AvgIpc) is 2.47. The highest BCUT2D eigenvalue weighted by Gasteiger charge is 2.22. The Hall–Kier alpha value is -0.200. The molecule has 1 aliphatic rings. The van der Waals surface area contributed by atoms with E-state index in [2.05, 4.69) is 0 Å². The molecule has 0 saturated carbocycles. The second kappa shape index (κ2) is 6.28. The zero-order valence-electron chi connectivity index (χ0n) is 7.30. The third-order valence-electron chi connectivity index (χ3n) is 1.44. The highest BCUT2D eigenvalue weighted by Crippen LogP contribution is 2.24. The molecular weight excluding hydrogens is 256 g/mol. The third-order valence-corrected chi connectivity index (χ3v) is 2.34. The van der Waals surface area contributed by atoms with Crippen LogP contribution in [-0.4, -0.2) is 29.5 Å². The highest BCUT2D eigenvalue weighted by atomic mass is 79.9. The van der Waals surface area contributed by atoms with Crippen molar-refractivity contribution < 1.29 is 9.53 Å². The summed E-state index contributed by atoms with van der Waals surface area (Å²) in [6.45, 7) is 2.58. The molecule has 1 aliphatic heterocycles. The zero-order chi connectivity index (χ0) is 8.97. The lowest BCUT2D eigenvalue weighted by molar-refractivity contribution is 0.119. The molecular formula is C7H13BrN2O2S. The van der Waals surface area contributed by atoms with Gasteiger partial charge >= 0.3 is 6.09 Å². The molecule has 0 aromatic carbocycles. The lowest BCUT2D eigenvalue weighted by Crippen LogP contribution is -2.31. The maximum Gasteiger partial charge on any atom is 0.414 e. The van der Waals surface area contributed by atoms with Crippen LogP contribution in [0, 0.1) is 0 Å². The molecule has 6 heteroatoms. The molecule has 0 fully saturated rings. The molecule has 76 valence electrons. The molecule has 0 radical (unpaired) electrons. The van der Waals surface area contributed by atoms with Crippen LogP contribution in [0.3, 0.4) is 0 Å². The van der Waals surface area contributed by atoms with Crippen molar-refractivity contribution in [3.63, 3.8) is 0 Å². The monoisotopic (exact) mass is 268 g/mol. The average molecular weight is 269 g/mol. The first-order valence-electron chi connectivity index (χ1n) is 3.73. The highest BCUT2D eigenvalue weighted by molar-refractivity contribution is 8.93. The second-order valence-electron chi connectivity index (χ2n) is 2.33. The Morgan fingerprint density at radius 1 is 1.77 bits per heavy atom. The van der Waals surface area contributed by atoms with Gasteiger partial charge in [-0.2, -0.15) is 0 Å². The van der Waals surface area contributed by atoms with Gasteiger partial charge in [0.15, 0.2) is 0 Å². The molecule has 0 spiro atoms. The number of thioether (sulfide) groups is 1. The molecule has 1 amide bonds. The Balaban J connectivity index is 0.00000144. The van der Waals surface area contributed by atoms with Crippen LogP contribution >= 0.6 is 28.7 Å². The number of hydrogen-bond acceptors (Lipinski definition) is 4. The van der Waals surface area contributed by atoms with Crippen LogP contribution in [0.5, 0.6) is 0 Å². The van der Waals surface area contributed by atoms with E-state index in [1.54, 1.807) is 22.9 Å². The van der Waals surface area contributed by atoms with Crippen molar-refractivity contribution in [2.24, 2.45) is 5.73 Å². The molecule has 1 heterocycles. The molecule has 1 unspecified atom stereocenters. The van der Waals surface area contributed by atoms with Crippen molar-refractivity contribution in [1.29, 1.82) is 0 Å². The minimum atomic E-state index is -0.325. The summed E-state index contributed by atoms with van der Waals surface area (Å²) in [6.07, 6.45) is 1.39. The number of carbonyl (C=O) groups is 1. The molecule has 2 N–H and O–H groups in total. The fraction of sp³-hybridized carbons (Fsp3) is 0.571. The Bertz CT molecular complexity index is 201. The van der Waals surface area contributed by atoms with Gasteiger partial charge in [-0.3, -0.25) is 4.90 Å². The van der Waals surface area contributed by atoms with Crippen molar-refractivity contribution in [3.8, 4) is 0 Å². The van der Waals surface area contributed by atoms with Gasteiger partial charge in [0.05, 0.1) is 5.37 Å². The number of ether oxygens (including phenoxy) is 1. The van der Waals surface area contributed by atoms with E-state index in [-0.39, 0.29) is 35.1 Å². The van der Waals surface area contributed by atoms with Gasteiger partial charge < -0.3 is 10.5 Å². The number of hydrogen-bond donors (Lipinski definition) is 1. The molecule has 0 aromatic rings. The topological polar surface area (TPSA) is 55.6 Å². The maximum atomic E-state index is 11.2. The Labute approximate surface area is 92.2 Å². The number of nitrogens with two attached hydrogens (primary N) is 1. The SMILES string of the molecule is Br.CC1SC=CN1C(=O)OCCN. The molecule has 0 bridgehead atoms. The van der Waals surface area contributed by atoms with Gasteiger partial charge in [-0.05, 0) is 12.3 Å². The number of halogens is 1. The molecule has 0 aliphatic carbocycles. The van der Waals surface area contributed by atoms with Crippen LogP contribution < -0.4 is 5.73 Å². The van der Waals surface area contributed by atoms with Crippen molar-refractivity contribution >= 4 is 34.8 Å². The number of amides is 1. The third kappa shape index (κ3) is 3.58. The number of nitrogens with zero attached hydrogens (tertiary/aromatic N) is 1. The van der Waals surface area contributed by atoms with Crippen LogP contribution in [0.15, 0.2) is 11.6 Å². The van der Waals surface area contributed by atoms with Crippen molar-refractivity contribution in [1.82, 2.24) is 4.90 Å². The van der Waals surface area contributed by atoms with E-state index >= 15 is 0 Å². The number of carbonyl (C=O) groups excluding carboxylic acids is 1. The molecule has 0 aromatic heterocycles. The summed E-state index contributed by atoms with van der Waals surface area (Å²) in [5.74, 6) is 0. The Morgan fingerprint density at radius 2 is 2.46 bits per heavy atom.